The Hall–Kier alpha value is -0.870. The minimum atomic E-state index is -0.708. The number of unbranched alkanes of at least 4 members (excludes halogenated alkanes) is 1. The molecular weight excluding hydrogens is 304 g/mol. The molecule has 0 unspecified atom stereocenters. The van der Waals surface area contributed by atoms with E-state index in [9.17, 15) is 4.79 Å². The predicted octanol–water partition coefficient (Wildman–Crippen LogP) is 4.33. The van der Waals surface area contributed by atoms with Crippen molar-refractivity contribution in [3.05, 3.63) is 12.2 Å². The Balaban J connectivity index is 1.39. The van der Waals surface area contributed by atoms with Crippen molar-refractivity contribution in [2.24, 2.45) is 11.8 Å². The molecule has 2 saturated heterocycles. The van der Waals surface area contributed by atoms with Crippen LogP contribution in [0.3, 0.4) is 0 Å². The number of hydrogen-bond acceptors (Lipinski definition) is 3. The molecule has 24 heavy (non-hydrogen) atoms. The first-order valence-corrected chi connectivity index (χ1v) is 9.88. The molecule has 3 aliphatic rings. The van der Waals surface area contributed by atoms with Crippen LogP contribution in [0.5, 0.6) is 0 Å². The lowest BCUT2D eigenvalue weighted by Crippen LogP contribution is -2.35. The SMILES string of the molecule is O=C(O)CCC/C=C\C[C@@H]1[C@H](OCCC2CCCC2)[C@@H]2CC[C@H]1O2. The fraction of sp³-hybridized carbons (Fsp3) is 0.850. The van der Waals surface area contributed by atoms with E-state index in [4.69, 9.17) is 14.6 Å². The minimum Gasteiger partial charge on any atom is -0.481 e. The summed E-state index contributed by atoms with van der Waals surface area (Å²) in [6, 6.07) is 0. The van der Waals surface area contributed by atoms with Crippen molar-refractivity contribution in [3.63, 3.8) is 0 Å². The number of fused-ring (bicyclic) bond motifs is 2. The van der Waals surface area contributed by atoms with Gasteiger partial charge in [0.25, 0.3) is 0 Å². The van der Waals surface area contributed by atoms with Crippen LogP contribution in [0.25, 0.3) is 0 Å². The molecule has 0 spiro atoms. The predicted molar refractivity (Wildman–Crippen MR) is 92.9 cm³/mol. The molecule has 4 nitrogen and oxygen atoms in total. The van der Waals surface area contributed by atoms with Crippen LogP contribution in [-0.4, -0.2) is 36.0 Å². The Morgan fingerprint density at radius 1 is 1.12 bits per heavy atom. The maximum atomic E-state index is 10.5. The van der Waals surface area contributed by atoms with Crippen molar-refractivity contribution in [1.29, 1.82) is 0 Å². The van der Waals surface area contributed by atoms with Crippen molar-refractivity contribution in [3.8, 4) is 0 Å². The summed E-state index contributed by atoms with van der Waals surface area (Å²) in [5.41, 5.74) is 0. The van der Waals surface area contributed by atoms with Gasteiger partial charge in [0.15, 0.2) is 0 Å². The van der Waals surface area contributed by atoms with Gasteiger partial charge >= 0.3 is 5.97 Å². The summed E-state index contributed by atoms with van der Waals surface area (Å²) in [4.78, 5) is 10.5. The molecule has 1 saturated carbocycles. The molecule has 2 bridgehead atoms. The van der Waals surface area contributed by atoms with E-state index >= 15 is 0 Å². The number of allylic oxidation sites excluding steroid dienone is 2. The lowest BCUT2D eigenvalue weighted by molar-refractivity contribution is -0.137. The summed E-state index contributed by atoms with van der Waals surface area (Å²) in [5, 5.41) is 8.65. The van der Waals surface area contributed by atoms with Gasteiger partial charge in [0, 0.05) is 18.9 Å². The van der Waals surface area contributed by atoms with Gasteiger partial charge in [-0.25, -0.2) is 0 Å². The van der Waals surface area contributed by atoms with E-state index in [1.54, 1.807) is 0 Å². The standard InChI is InChI=1S/C20H32O4/c21-19(22)10-4-2-1-3-9-16-17-11-12-18(24-17)20(16)23-14-13-15-7-5-6-8-15/h1,3,15-18,20H,2,4-14H2,(H,21,22)/b3-1-/t16-,17+,18-,20-/m0/s1. The monoisotopic (exact) mass is 336 g/mol. The van der Waals surface area contributed by atoms with Crippen LogP contribution in [0.4, 0.5) is 0 Å². The number of aliphatic carboxylic acids is 1. The molecule has 0 aromatic rings. The van der Waals surface area contributed by atoms with Gasteiger partial charge in [0.1, 0.15) is 0 Å². The van der Waals surface area contributed by atoms with Crippen LogP contribution in [0.1, 0.15) is 70.6 Å². The molecule has 2 aliphatic heterocycles. The van der Waals surface area contributed by atoms with Crippen molar-refractivity contribution in [1.82, 2.24) is 0 Å². The molecular formula is C20H32O4. The number of carboxylic acid groups (broad SMARTS) is 1. The summed E-state index contributed by atoms with van der Waals surface area (Å²) in [6.45, 7) is 0.890. The topological polar surface area (TPSA) is 55.8 Å². The van der Waals surface area contributed by atoms with Crippen LogP contribution in [-0.2, 0) is 14.3 Å². The first-order valence-electron chi connectivity index (χ1n) is 9.88. The lowest BCUT2D eigenvalue weighted by atomic mass is 9.84. The molecule has 1 N–H and O–H groups in total. The molecule has 3 fully saturated rings. The quantitative estimate of drug-likeness (QED) is 0.476. The largest absolute Gasteiger partial charge is 0.481 e. The Morgan fingerprint density at radius 3 is 2.71 bits per heavy atom. The zero-order chi connectivity index (χ0) is 16.8. The van der Waals surface area contributed by atoms with Crippen LogP contribution in [0.15, 0.2) is 12.2 Å². The van der Waals surface area contributed by atoms with Crippen molar-refractivity contribution >= 4 is 5.97 Å². The lowest BCUT2D eigenvalue weighted by Gasteiger charge is -2.27. The summed E-state index contributed by atoms with van der Waals surface area (Å²) in [5.74, 6) is 0.667. The second-order valence-electron chi connectivity index (χ2n) is 7.72. The third-order valence-electron chi connectivity index (χ3n) is 6.00. The maximum Gasteiger partial charge on any atom is 0.303 e. The van der Waals surface area contributed by atoms with Gasteiger partial charge in [0.05, 0.1) is 18.3 Å². The van der Waals surface area contributed by atoms with Gasteiger partial charge in [-0.1, -0.05) is 37.8 Å². The fourth-order valence-corrected chi connectivity index (χ4v) is 4.66. The van der Waals surface area contributed by atoms with E-state index < -0.39 is 5.97 Å². The summed E-state index contributed by atoms with van der Waals surface area (Å²) < 4.78 is 12.4. The first kappa shape index (κ1) is 17.9. The summed E-state index contributed by atoms with van der Waals surface area (Å²) in [7, 11) is 0. The zero-order valence-corrected chi connectivity index (χ0v) is 14.7. The molecule has 0 aromatic carbocycles. The van der Waals surface area contributed by atoms with Gasteiger partial charge in [-0.2, -0.15) is 0 Å². The number of rotatable bonds is 10. The van der Waals surface area contributed by atoms with Crippen LogP contribution >= 0.6 is 0 Å². The Bertz CT molecular complexity index is 427. The third-order valence-corrected chi connectivity index (χ3v) is 6.00. The van der Waals surface area contributed by atoms with Gasteiger partial charge in [-0.05, 0) is 44.4 Å². The average molecular weight is 336 g/mol. The van der Waals surface area contributed by atoms with E-state index in [1.807, 2.05) is 0 Å². The molecule has 4 heteroatoms. The third kappa shape index (κ3) is 4.82. The van der Waals surface area contributed by atoms with E-state index in [2.05, 4.69) is 12.2 Å². The Kier molecular flexibility index (Phi) is 6.73. The molecule has 4 atom stereocenters. The Labute approximate surface area is 145 Å². The van der Waals surface area contributed by atoms with E-state index in [0.717, 1.165) is 38.2 Å². The van der Waals surface area contributed by atoms with E-state index in [0.29, 0.717) is 18.1 Å². The molecule has 2 heterocycles. The molecule has 0 amide bonds. The van der Waals surface area contributed by atoms with Crippen LogP contribution in [0.2, 0.25) is 0 Å². The number of carbonyl (C=O) groups is 1. The van der Waals surface area contributed by atoms with Gasteiger partial charge in [-0.3, -0.25) is 4.79 Å². The van der Waals surface area contributed by atoms with Crippen molar-refractivity contribution < 1.29 is 19.4 Å². The smallest absolute Gasteiger partial charge is 0.303 e. The molecule has 3 rings (SSSR count). The number of carboxylic acids is 1. The zero-order valence-electron chi connectivity index (χ0n) is 14.7. The molecule has 136 valence electrons. The minimum absolute atomic E-state index is 0.258. The van der Waals surface area contributed by atoms with Crippen molar-refractivity contribution in [2.45, 2.75) is 88.9 Å². The van der Waals surface area contributed by atoms with Crippen LogP contribution < -0.4 is 0 Å². The van der Waals surface area contributed by atoms with Crippen molar-refractivity contribution in [2.75, 3.05) is 6.61 Å². The fourth-order valence-electron chi connectivity index (χ4n) is 4.66. The highest BCUT2D eigenvalue weighted by Crippen LogP contribution is 2.43. The second-order valence-corrected chi connectivity index (χ2v) is 7.72. The highest BCUT2D eigenvalue weighted by Gasteiger charge is 2.48. The van der Waals surface area contributed by atoms with E-state index in [-0.39, 0.29) is 12.5 Å². The molecule has 0 radical (unpaired) electrons. The average Bonchev–Trinajstić information content (AvgIpc) is 3.28. The van der Waals surface area contributed by atoms with Gasteiger partial charge < -0.3 is 14.6 Å². The first-order chi connectivity index (χ1) is 11.7. The summed E-state index contributed by atoms with van der Waals surface area (Å²) in [6.07, 6.45) is 17.2. The molecule has 1 aliphatic carbocycles. The van der Waals surface area contributed by atoms with Gasteiger partial charge in [-0.15, -0.1) is 0 Å². The maximum absolute atomic E-state index is 10.5. The highest BCUT2D eigenvalue weighted by atomic mass is 16.6. The summed E-state index contributed by atoms with van der Waals surface area (Å²) >= 11 is 0. The van der Waals surface area contributed by atoms with E-state index in [1.165, 1.54) is 38.5 Å². The highest BCUT2D eigenvalue weighted by molar-refractivity contribution is 5.66. The van der Waals surface area contributed by atoms with Gasteiger partial charge in [0.2, 0.25) is 0 Å². The number of ether oxygens (including phenoxy) is 2. The Morgan fingerprint density at radius 2 is 1.92 bits per heavy atom. The normalized spacial score (nSPS) is 33.0. The molecule has 0 aromatic heterocycles. The van der Waals surface area contributed by atoms with Crippen LogP contribution in [0, 0.1) is 11.8 Å². The number of hydrogen-bond donors (Lipinski definition) is 1. The second kappa shape index (κ2) is 9.00.